The molecule has 0 amide bonds. The van der Waals surface area contributed by atoms with E-state index in [0.717, 1.165) is 49.8 Å². The molecule has 0 aliphatic carbocycles. The van der Waals surface area contributed by atoms with Gasteiger partial charge in [-0.25, -0.2) is 14.2 Å². The van der Waals surface area contributed by atoms with Crippen molar-refractivity contribution in [3.8, 4) is 17.4 Å². The van der Waals surface area contributed by atoms with E-state index in [2.05, 4.69) is 14.9 Å². The summed E-state index contributed by atoms with van der Waals surface area (Å²) in [6, 6.07) is 8.16. The first kappa shape index (κ1) is 21.9. The van der Waals surface area contributed by atoms with Crippen LogP contribution < -0.4 is 20.1 Å². The summed E-state index contributed by atoms with van der Waals surface area (Å²) >= 11 is 0. The molecule has 0 saturated carbocycles. The zero-order valence-electron chi connectivity index (χ0n) is 18.4. The van der Waals surface area contributed by atoms with Crippen molar-refractivity contribution in [2.45, 2.75) is 56.6 Å². The molecule has 2 aromatic heterocycles. The van der Waals surface area contributed by atoms with Crippen LogP contribution in [0.2, 0.25) is 0 Å². The number of anilines is 1. The standard InChI is InChI=1S/C24H20F4N4O3/c25-17-9-14(1-3-18(17)35-16-2-4-19(29-11-16)24(26,27)28)12-34-20-10-21-31(22(33)30-20)13-23-7-5-15(6-8-23)32(21)23/h1-4,9-11,15H,5-8,12-13H2. The zero-order valence-corrected chi connectivity index (χ0v) is 18.4. The number of halogens is 4. The minimum Gasteiger partial charge on any atom is -0.473 e. The number of alkyl halides is 3. The lowest BCUT2D eigenvalue weighted by Crippen LogP contribution is -2.38. The Morgan fingerprint density at radius 3 is 2.60 bits per heavy atom. The molecule has 5 heterocycles. The van der Waals surface area contributed by atoms with Gasteiger partial charge in [0, 0.05) is 12.1 Å². The maximum absolute atomic E-state index is 14.6. The summed E-state index contributed by atoms with van der Waals surface area (Å²) in [6.07, 6.45) is 0.719. The fraction of sp³-hybridized carbons (Fsp3) is 0.375. The second kappa shape index (κ2) is 7.69. The maximum atomic E-state index is 14.6. The molecule has 3 aliphatic heterocycles. The van der Waals surface area contributed by atoms with E-state index < -0.39 is 17.7 Å². The Kier molecular flexibility index (Phi) is 4.81. The Morgan fingerprint density at radius 2 is 1.91 bits per heavy atom. The van der Waals surface area contributed by atoms with Crippen molar-refractivity contribution in [2.24, 2.45) is 0 Å². The number of fused-ring (bicyclic) bond motifs is 1. The van der Waals surface area contributed by atoms with Crippen molar-refractivity contribution < 1.29 is 27.0 Å². The van der Waals surface area contributed by atoms with Crippen LogP contribution in [0.5, 0.6) is 17.4 Å². The van der Waals surface area contributed by atoms with Gasteiger partial charge in [-0.3, -0.25) is 4.57 Å². The average molecular weight is 488 g/mol. The summed E-state index contributed by atoms with van der Waals surface area (Å²) < 4.78 is 65.2. The highest BCUT2D eigenvalue weighted by Crippen LogP contribution is 2.53. The SMILES string of the molecule is O=c1nc(OCc2ccc(Oc3ccc(C(F)(F)F)nc3)c(F)c2)cc2n1CC13CCC(CC1)N23. The number of benzene rings is 1. The third-order valence-electron chi connectivity index (χ3n) is 7.06. The zero-order chi connectivity index (χ0) is 24.4. The summed E-state index contributed by atoms with van der Waals surface area (Å²) in [5.41, 5.74) is -0.920. The maximum Gasteiger partial charge on any atom is 0.433 e. The second-order valence-electron chi connectivity index (χ2n) is 9.18. The molecule has 1 aromatic carbocycles. The molecule has 2 bridgehead atoms. The molecule has 2 saturated heterocycles. The molecule has 35 heavy (non-hydrogen) atoms. The van der Waals surface area contributed by atoms with Gasteiger partial charge in [0.1, 0.15) is 23.9 Å². The molecule has 7 nitrogen and oxygen atoms in total. The number of rotatable bonds is 5. The minimum atomic E-state index is -4.57. The van der Waals surface area contributed by atoms with Gasteiger partial charge in [-0.15, -0.1) is 0 Å². The molecule has 0 spiro atoms. The van der Waals surface area contributed by atoms with Gasteiger partial charge in [-0.2, -0.15) is 18.2 Å². The fourth-order valence-corrected chi connectivity index (χ4v) is 5.49. The lowest BCUT2D eigenvalue weighted by Gasteiger charge is -2.27. The van der Waals surface area contributed by atoms with E-state index >= 15 is 0 Å². The van der Waals surface area contributed by atoms with E-state index in [1.54, 1.807) is 16.7 Å². The van der Waals surface area contributed by atoms with Crippen LogP contribution in [-0.4, -0.2) is 26.1 Å². The lowest BCUT2D eigenvalue weighted by molar-refractivity contribution is -0.141. The Labute approximate surface area is 196 Å². The molecule has 0 unspecified atom stereocenters. The van der Waals surface area contributed by atoms with Gasteiger partial charge in [-0.1, -0.05) is 6.07 Å². The summed E-state index contributed by atoms with van der Waals surface area (Å²) in [6.45, 7) is 0.634. The highest BCUT2D eigenvalue weighted by molar-refractivity contribution is 5.54. The number of hydrogen-bond acceptors (Lipinski definition) is 6. The van der Waals surface area contributed by atoms with Crippen molar-refractivity contribution in [1.29, 1.82) is 0 Å². The predicted molar refractivity (Wildman–Crippen MR) is 116 cm³/mol. The third kappa shape index (κ3) is 3.69. The number of aromatic nitrogens is 3. The number of ether oxygens (including phenoxy) is 2. The predicted octanol–water partition coefficient (Wildman–Crippen LogP) is 4.68. The van der Waals surface area contributed by atoms with Crippen LogP contribution in [0.15, 0.2) is 47.4 Å². The molecule has 182 valence electrons. The van der Waals surface area contributed by atoms with Gasteiger partial charge in [0.25, 0.3) is 0 Å². The highest BCUT2D eigenvalue weighted by atomic mass is 19.4. The minimum absolute atomic E-state index is 0.0243. The fourth-order valence-electron chi connectivity index (χ4n) is 5.49. The number of nitrogens with zero attached hydrogens (tertiary/aromatic N) is 4. The molecular weight excluding hydrogens is 468 g/mol. The van der Waals surface area contributed by atoms with Crippen molar-refractivity contribution in [3.05, 3.63) is 70.2 Å². The van der Waals surface area contributed by atoms with E-state index in [1.165, 1.54) is 12.1 Å². The molecule has 0 N–H and O–H groups in total. The van der Waals surface area contributed by atoms with Crippen molar-refractivity contribution >= 4 is 5.82 Å². The molecule has 0 atom stereocenters. The van der Waals surface area contributed by atoms with E-state index in [4.69, 9.17) is 9.47 Å². The summed E-state index contributed by atoms with van der Waals surface area (Å²) in [4.78, 5) is 22.3. The van der Waals surface area contributed by atoms with Crippen LogP contribution in [0, 0.1) is 5.82 Å². The number of hydrogen-bond donors (Lipinski definition) is 0. The first-order valence-electron chi connectivity index (χ1n) is 11.3. The lowest BCUT2D eigenvalue weighted by atomic mass is 9.88. The average Bonchev–Trinajstić information content (AvgIpc) is 3.45. The Bertz CT molecular complexity index is 1350. The van der Waals surface area contributed by atoms with Crippen LogP contribution in [0.3, 0.4) is 0 Å². The van der Waals surface area contributed by atoms with E-state index in [1.807, 2.05) is 0 Å². The summed E-state index contributed by atoms with van der Waals surface area (Å²) in [5.74, 6) is 0.0983. The monoisotopic (exact) mass is 488 g/mol. The van der Waals surface area contributed by atoms with Gasteiger partial charge in [0.2, 0.25) is 5.88 Å². The molecule has 2 fully saturated rings. The van der Waals surface area contributed by atoms with E-state index in [9.17, 15) is 22.4 Å². The summed E-state index contributed by atoms with van der Waals surface area (Å²) in [7, 11) is 0. The Morgan fingerprint density at radius 1 is 1.11 bits per heavy atom. The van der Waals surface area contributed by atoms with Gasteiger partial charge in [0.05, 0.1) is 18.3 Å². The quantitative estimate of drug-likeness (QED) is 0.486. The van der Waals surface area contributed by atoms with Crippen LogP contribution in [-0.2, 0) is 19.3 Å². The topological polar surface area (TPSA) is 69.5 Å². The smallest absolute Gasteiger partial charge is 0.433 e. The van der Waals surface area contributed by atoms with Crippen LogP contribution in [0.25, 0.3) is 0 Å². The van der Waals surface area contributed by atoms with Crippen molar-refractivity contribution in [3.63, 3.8) is 0 Å². The number of pyridine rings is 1. The van der Waals surface area contributed by atoms with Crippen LogP contribution >= 0.6 is 0 Å². The largest absolute Gasteiger partial charge is 0.473 e. The first-order valence-corrected chi connectivity index (χ1v) is 11.3. The molecule has 0 radical (unpaired) electrons. The van der Waals surface area contributed by atoms with Gasteiger partial charge >= 0.3 is 11.9 Å². The first-order chi connectivity index (χ1) is 16.7. The van der Waals surface area contributed by atoms with Crippen molar-refractivity contribution in [1.82, 2.24) is 14.5 Å². The van der Waals surface area contributed by atoms with Gasteiger partial charge in [0.15, 0.2) is 11.6 Å². The Balaban J connectivity index is 1.15. The molecule has 3 aliphatic rings. The van der Waals surface area contributed by atoms with Crippen molar-refractivity contribution in [2.75, 3.05) is 4.90 Å². The van der Waals surface area contributed by atoms with Gasteiger partial charge in [-0.05, 0) is 55.5 Å². The molecule has 6 rings (SSSR count). The molecular formula is C24H20F4N4O3. The Hall–Kier alpha value is -3.63. The highest BCUT2D eigenvalue weighted by Gasteiger charge is 2.56. The van der Waals surface area contributed by atoms with E-state index in [0.29, 0.717) is 18.2 Å². The van der Waals surface area contributed by atoms with Gasteiger partial charge < -0.3 is 14.4 Å². The van der Waals surface area contributed by atoms with Crippen LogP contribution in [0.1, 0.15) is 36.9 Å². The second-order valence-corrected chi connectivity index (χ2v) is 9.18. The van der Waals surface area contributed by atoms with E-state index in [-0.39, 0.29) is 35.2 Å². The molecule has 11 heteroatoms. The van der Waals surface area contributed by atoms with Crippen LogP contribution in [0.4, 0.5) is 23.4 Å². The normalized spacial score (nSPS) is 22.3. The summed E-state index contributed by atoms with van der Waals surface area (Å²) in [5, 5.41) is 0. The molecule has 3 aromatic rings. The third-order valence-corrected chi connectivity index (χ3v) is 7.06.